The second kappa shape index (κ2) is 4.69. The molecule has 2 rings (SSSR count). The van der Waals surface area contributed by atoms with Crippen LogP contribution in [0.4, 0.5) is 5.69 Å². The van der Waals surface area contributed by atoms with Crippen LogP contribution in [0.3, 0.4) is 0 Å². The lowest BCUT2D eigenvalue weighted by atomic mass is 9.80. The van der Waals surface area contributed by atoms with Gasteiger partial charge in [-0.25, -0.2) is 0 Å². The van der Waals surface area contributed by atoms with Crippen LogP contribution in [-0.2, 0) is 0 Å². The van der Waals surface area contributed by atoms with Crippen LogP contribution in [0.1, 0.15) is 29.5 Å². The number of benzene rings is 1. The first-order chi connectivity index (χ1) is 7.97. The van der Waals surface area contributed by atoms with Crippen LogP contribution in [0.25, 0.3) is 0 Å². The quantitative estimate of drug-likeness (QED) is 0.868. The molecule has 17 heavy (non-hydrogen) atoms. The van der Waals surface area contributed by atoms with Crippen LogP contribution < -0.4 is 10.6 Å². The maximum atomic E-state index is 5.84. The third kappa shape index (κ3) is 2.63. The van der Waals surface area contributed by atoms with E-state index in [0.717, 1.165) is 12.5 Å². The highest BCUT2D eigenvalue weighted by Crippen LogP contribution is 2.30. The lowest BCUT2D eigenvalue weighted by Crippen LogP contribution is -2.42. The SMILES string of the molecule is Cc1cc(C)c(N(C)CC2CC(N)C2)c(C)c1. The third-order valence-corrected chi connectivity index (χ3v) is 3.82. The van der Waals surface area contributed by atoms with Crippen molar-refractivity contribution in [3.05, 3.63) is 28.8 Å². The average molecular weight is 232 g/mol. The van der Waals surface area contributed by atoms with Crippen LogP contribution in [-0.4, -0.2) is 19.6 Å². The van der Waals surface area contributed by atoms with Crippen LogP contribution in [0.2, 0.25) is 0 Å². The predicted octanol–water partition coefficient (Wildman–Crippen LogP) is 2.79. The van der Waals surface area contributed by atoms with E-state index < -0.39 is 0 Å². The zero-order valence-electron chi connectivity index (χ0n) is 11.5. The molecular formula is C15H24N2. The van der Waals surface area contributed by atoms with Crippen molar-refractivity contribution in [2.75, 3.05) is 18.5 Å². The van der Waals surface area contributed by atoms with Gasteiger partial charge >= 0.3 is 0 Å². The number of hydrogen-bond donors (Lipinski definition) is 1. The number of rotatable bonds is 3. The number of nitrogens with two attached hydrogens (primary N) is 1. The Hall–Kier alpha value is -1.02. The Balaban J connectivity index is 2.10. The third-order valence-electron chi connectivity index (χ3n) is 3.82. The summed E-state index contributed by atoms with van der Waals surface area (Å²) in [4.78, 5) is 2.40. The lowest BCUT2D eigenvalue weighted by Gasteiger charge is -2.37. The fourth-order valence-electron chi connectivity index (χ4n) is 3.19. The zero-order valence-corrected chi connectivity index (χ0v) is 11.5. The van der Waals surface area contributed by atoms with Gasteiger partial charge in [-0.1, -0.05) is 17.7 Å². The highest BCUT2D eigenvalue weighted by atomic mass is 15.1. The molecule has 1 aromatic rings. The normalized spacial score (nSPS) is 23.4. The minimum Gasteiger partial charge on any atom is -0.374 e. The molecule has 1 saturated carbocycles. The summed E-state index contributed by atoms with van der Waals surface area (Å²) < 4.78 is 0. The molecule has 0 atom stereocenters. The van der Waals surface area contributed by atoms with Gasteiger partial charge in [-0.3, -0.25) is 0 Å². The maximum absolute atomic E-state index is 5.84. The minimum absolute atomic E-state index is 0.452. The average Bonchev–Trinajstić information content (AvgIpc) is 2.13. The second-order valence-corrected chi connectivity index (χ2v) is 5.73. The van der Waals surface area contributed by atoms with E-state index in [-0.39, 0.29) is 0 Å². The Morgan fingerprint density at radius 3 is 2.18 bits per heavy atom. The summed E-state index contributed by atoms with van der Waals surface area (Å²) in [5.41, 5.74) is 11.4. The van der Waals surface area contributed by atoms with Crippen molar-refractivity contribution in [3.8, 4) is 0 Å². The van der Waals surface area contributed by atoms with Gasteiger partial charge in [-0.05, 0) is 50.7 Å². The molecule has 1 aromatic carbocycles. The number of nitrogens with zero attached hydrogens (tertiary/aromatic N) is 1. The van der Waals surface area contributed by atoms with Gasteiger partial charge in [0, 0.05) is 25.3 Å². The molecule has 0 radical (unpaired) electrons. The van der Waals surface area contributed by atoms with Gasteiger partial charge in [0.1, 0.15) is 0 Å². The first-order valence-corrected chi connectivity index (χ1v) is 6.52. The van der Waals surface area contributed by atoms with Gasteiger partial charge < -0.3 is 10.6 Å². The first kappa shape index (κ1) is 12.4. The summed E-state index contributed by atoms with van der Waals surface area (Å²) in [6.07, 6.45) is 2.38. The van der Waals surface area contributed by atoms with Crippen LogP contribution in [0.15, 0.2) is 12.1 Å². The van der Waals surface area contributed by atoms with Crippen LogP contribution in [0.5, 0.6) is 0 Å². The molecule has 1 fully saturated rings. The maximum Gasteiger partial charge on any atom is 0.0423 e. The van der Waals surface area contributed by atoms with Gasteiger partial charge in [0.25, 0.3) is 0 Å². The van der Waals surface area contributed by atoms with Gasteiger partial charge in [-0.15, -0.1) is 0 Å². The van der Waals surface area contributed by atoms with E-state index in [1.54, 1.807) is 0 Å². The Bertz CT molecular complexity index is 382. The number of hydrogen-bond acceptors (Lipinski definition) is 2. The lowest BCUT2D eigenvalue weighted by molar-refractivity contribution is 0.271. The van der Waals surface area contributed by atoms with E-state index in [0.29, 0.717) is 6.04 Å². The van der Waals surface area contributed by atoms with Crippen molar-refractivity contribution < 1.29 is 0 Å². The molecule has 0 spiro atoms. The van der Waals surface area contributed by atoms with E-state index in [2.05, 4.69) is 44.9 Å². The fraction of sp³-hybridized carbons (Fsp3) is 0.600. The summed E-state index contributed by atoms with van der Waals surface area (Å²) in [6.45, 7) is 7.71. The molecule has 2 N–H and O–H groups in total. The summed E-state index contributed by atoms with van der Waals surface area (Å²) >= 11 is 0. The molecule has 2 nitrogen and oxygen atoms in total. The van der Waals surface area contributed by atoms with E-state index >= 15 is 0 Å². The Morgan fingerprint density at radius 2 is 1.71 bits per heavy atom. The molecular weight excluding hydrogens is 208 g/mol. The van der Waals surface area contributed by atoms with Gasteiger partial charge in [0.2, 0.25) is 0 Å². The van der Waals surface area contributed by atoms with Crippen molar-refractivity contribution in [2.24, 2.45) is 11.7 Å². The highest BCUT2D eigenvalue weighted by Gasteiger charge is 2.27. The number of aryl methyl sites for hydroxylation is 3. The minimum atomic E-state index is 0.452. The Kier molecular flexibility index (Phi) is 3.43. The topological polar surface area (TPSA) is 29.3 Å². The van der Waals surface area contributed by atoms with Crippen molar-refractivity contribution in [2.45, 2.75) is 39.7 Å². The smallest absolute Gasteiger partial charge is 0.0423 e. The second-order valence-electron chi connectivity index (χ2n) is 5.73. The van der Waals surface area contributed by atoms with Gasteiger partial charge in [0.05, 0.1) is 0 Å². The molecule has 0 unspecified atom stereocenters. The molecule has 0 aliphatic heterocycles. The predicted molar refractivity (Wildman–Crippen MR) is 74.6 cm³/mol. The molecule has 0 saturated heterocycles. The van der Waals surface area contributed by atoms with E-state index in [1.165, 1.54) is 35.2 Å². The van der Waals surface area contributed by atoms with Crippen molar-refractivity contribution in [1.29, 1.82) is 0 Å². The molecule has 94 valence electrons. The zero-order chi connectivity index (χ0) is 12.6. The summed E-state index contributed by atoms with van der Waals surface area (Å²) in [5, 5.41) is 0. The van der Waals surface area contributed by atoms with Crippen molar-refractivity contribution in [3.63, 3.8) is 0 Å². The molecule has 2 heteroatoms. The summed E-state index contributed by atoms with van der Waals surface area (Å²) in [6, 6.07) is 4.99. The Morgan fingerprint density at radius 1 is 1.18 bits per heavy atom. The molecule has 0 heterocycles. The fourth-order valence-corrected chi connectivity index (χ4v) is 3.19. The molecule has 1 aliphatic carbocycles. The van der Waals surface area contributed by atoms with E-state index in [4.69, 9.17) is 5.73 Å². The van der Waals surface area contributed by atoms with Crippen LogP contribution in [0, 0.1) is 26.7 Å². The summed E-state index contributed by atoms with van der Waals surface area (Å²) in [7, 11) is 2.20. The van der Waals surface area contributed by atoms with Crippen molar-refractivity contribution in [1.82, 2.24) is 0 Å². The van der Waals surface area contributed by atoms with Gasteiger partial charge in [0.15, 0.2) is 0 Å². The van der Waals surface area contributed by atoms with Crippen LogP contribution >= 0.6 is 0 Å². The van der Waals surface area contributed by atoms with Gasteiger partial charge in [-0.2, -0.15) is 0 Å². The molecule has 1 aliphatic rings. The van der Waals surface area contributed by atoms with E-state index in [9.17, 15) is 0 Å². The van der Waals surface area contributed by atoms with E-state index in [1.807, 2.05) is 0 Å². The monoisotopic (exact) mass is 232 g/mol. The molecule has 0 amide bonds. The standard InChI is InChI=1S/C15H24N2/c1-10-5-11(2)15(12(3)6-10)17(4)9-13-7-14(16)8-13/h5-6,13-14H,7-9,16H2,1-4H3. The molecule has 0 bridgehead atoms. The number of anilines is 1. The van der Waals surface area contributed by atoms with Crippen molar-refractivity contribution >= 4 is 5.69 Å². The Labute approximate surface area is 105 Å². The molecule has 0 aromatic heterocycles. The highest BCUT2D eigenvalue weighted by molar-refractivity contribution is 5.59. The largest absolute Gasteiger partial charge is 0.374 e. The first-order valence-electron chi connectivity index (χ1n) is 6.52. The summed E-state index contributed by atoms with van der Waals surface area (Å²) in [5.74, 6) is 0.787.